The predicted molar refractivity (Wildman–Crippen MR) is 82.7 cm³/mol. The summed E-state index contributed by atoms with van der Waals surface area (Å²) in [6.45, 7) is 7.63. The summed E-state index contributed by atoms with van der Waals surface area (Å²) in [7, 11) is 0. The van der Waals surface area contributed by atoms with E-state index in [1.807, 2.05) is 6.07 Å². The number of amides is 1. The van der Waals surface area contributed by atoms with E-state index in [4.69, 9.17) is 0 Å². The zero-order chi connectivity index (χ0) is 15.3. The van der Waals surface area contributed by atoms with Crippen molar-refractivity contribution in [3.63, 3.8) is 0 Å². The molecule has 4 heteroatoms. The highest BCUT2D eigenvalue weighted by atomic mass is 19.1. The third-order valence-corrected chi connectivity index (χ3v) is 4.64. The van der Waals surface area contributed by atoms with Crippen molar-refractivity contribution in [3.8, 4) is 0 Å². The summed E-state index contributed by atoms with van der Waals surface area (Å²) in [5.41, 5.74) is -0.0918. The summed E-state index contributed by atoms with van der Waals surface area (Å²) in [5, 5.41) is 3.00. The van der Waals surface area contributed by atoms with Gasteiger partial charge in [-0.2, -0.15) is 0 Å². The molecule has 3 nitrogen and oxygen atoms in total. The minimum absolute atomic E-state index is 0.0222. The molecule has 1 saturated carbocycles. The van der Waals surface area contributed by atoms with E-state index in [0.29, 0.717) is 12.1 Å². The van der Waals surface area contributed by atoms with Gasteiger partial charge in [-0.25, -0.2) is 4.39 Å². The van der Waals surface area contributed by atoms with Crippen LogP contribution in [-0.4, -0.2) is 37.0 Å². The number of nitrogens with one attached hydrogen (secondary N) is 1. The molecule has 116 valence electrons. The monoisotopic (exact) mass is 292 g/mol. The molecule has 21 heavy (non-hydrogen) atoms. The van der Waals surface area contributed by atoms with Crippen molar-refractivity contribution in [2.45, 2.75) is 38.5 Å². The Morgan fingerprint density at radius 2 is 1.95 bits per heavy atom. The lowest BCUT2D eigenvalue weighted by Crippen LogP contribution is -2.51. The number of benzene rings is 1. The van der Waals surface area contributed by atoms with Crippen LogP contribution in [0, 0.1) is 5.82 Å². The third-order valence-electron chi connectivity index (χ3n) is 4.64. The standard InChI is InChI=1S/C17H25FN2O/c1-3-20(4-2)13-12-19-16(21)17(10-7-11-17)14-8-5-6-9-15(14)18/h5-6,8-9H,3-4,7,10-13H2,1-2H3,(H,19,21). The van der Waals surface area contributed by atoms with Crippen molar-refractivity contribution in [3.05, 3.63) is 35.6 Å². The fourth-order valence-electron chi connectivity index (χ4n) is 3.03. The van der Waals surface area contributed by atoms with Gasteiger partial charge in [0.2, 0.25) is 5.91 Å². The van der Waals surface area contributed by atoms with E-state index in [1.54, 1.807) is 12.1 Å². The average Bonchev–Trinajstić information content (AvgIpc) is 2.44. The molecule has 0 aliphatic heterocycles. The van der Waals surface area contributed by atoms with Crippen molar-refractivity contribution in [1.29, 1.82) is 0 Å². The van der Waals surface area contributed by atoms with Gasteiger partial charge in [0.15, 0.2) is 0 Å². The van der Waals surface area contributed by atoms with Crippen LogP contribution in [-0.2, 0) is 10.2 Å². The van der Waals surface area contributed by atoms with E-state index in [-0.39, 0.29) is 11.7 Å². The smallest absolute Gasteiger partial charge is 0.230 e. The average molecular weight is 292 g/mol. The van der Waals surface area contributed by atoms with Crippen molar-refractivity contribution in [1.82, 2.24) is 10.2 Å². The first-order valence-electron chi connectivity index (χ1n) is 7.89. The Labute approximate surface area is 126 Å². The normalized spacial score (nSPS) is 16.6. The molecule has 0 heterocycles. The van der Waals surface area contributed by atoms with Crippen LogP contribution in [0.1, 0.15) is 38.7 Å². The van der Waals surface area contributed by atoms with E-state index in [0.717, 1.165) is 38.9 Å². The molecule has 1 aliphatic carbocycles. The molecule has 0 radical (unpaired) electrons. The number of carbonyl (C=O) groups is 1. The van der Waals surface area contributed by atoms with E-state index in [1.165, 1.54) is 6.07 Å². The lowest BCUT2D eigenvalue weighted by molar-refractivity contribution is -0.130. The van der Waals surface area contributed by atoms with Crippen LogP contribution < -0.4 is 5.32 Å². The van der Waals surface area contributed by atoms with Crippen LogP contribution >= 0.6 is 0 Å². The molecule has 1 fully saturated rings. The Balaban J connectivity index is 2.01. The first-order valence-corrected chi connectivity index (χ1v) is 7.89. The van der Waals surface area contributed by atoms with Gasteiger partial charge in [0.05, 0.1) is 5.41 Å². The van der Waals surface area contributed by atoms with Gasteiger partial charge in [-0.05, 0) is 32.0 Å². The maximum absolute atomic E-state index is 14.0. The molecular weight excluding hydrogens is 267 g/mol. The van der Waals surface area contributed by atoms with Gasteiger partial charge in [-0.3, -0.25) is 4.79 Å². The molecule has 0 saturated heterocycles. The summed E-state index contributed by atoms with van der Waals surface area (Å²) < 4.78 is 14.0. The molecule has 1 amide bonds. The van der Waals surface area contributed by atoms with Gasteiger partial charge in [-0.1, -0.05) is 38.5 Å². The van der Waals surface area contributed by atoms with Crippen LogP contribution in [0.15, 0.2) is 24.3 Å². The molecule has 0 bridgehead atoms. The SMILES string of the molecule is CCN(CC)CCNC(=O)C1(c2ccccc2F)CCC1. The summed E-state index contributed by atoms with van der Waals surface area (Å²) >= 11 is 0. The van der Waals surface area contributed by atoms with Crippen LogP contribution in [0.2, 0.25) is 0 Å². The highest BCUT2D eigenvalue weighted by molar-refractivity contribution is 5.89. The summed E-state index contributed by atoms with van der Waals surface area (Å²) in [6, 6.07) is 6.67. The second-order valence-electron chi connectivity index (χ2n) is 5.70. The van der Waals surface area contributed by atoms with Gasteiger partial charge in [0.25, 0.3) is 0 Å². The fraction of sp³-hybridized carbons (Fsp3) is 0.588. The molecule has 0 aromatic heterocycles. The minimum atomic E-state index is -0.644. The molecule has 2 rings (SSSR count). The van der Waals surface area contributed by atoms with Crippen molar-refractivity contribution in [2.24, 2.45) is 0 Å². The predicted octanol–water partition coefficient (Wildman–Crippen LogP) is 2.71. The summed E-state index contributed by atoms with van der Waals surface area (Å²) in [5.74, 6) is -0.290. The Bertz CT molecular complexity index is 481. The lowest BCUT2D eigenvalue weighted by atomic mass is 9.63. The van der Waals surface area contributed by atoms with E-state index in [2.05, 4.69) is 24.1 Å². The summed E-state index contributed by atoms with van der Waals surface area (Å²) in [6.07, 6.45) is 2.47. The second kappa shape index (κ2) is 7.03. The quantitative estimate of drug-likeness (QED) is 0.838. The highest BCUT2D eigenvalue weighted by Crippen LogP contribution is 2.44. The first kappa shape index (κ1) is 16.0. The summed E-state index contributed by atoms with van der Waals surface area (Å²) in [4.78, 5) is 14.8. The van der Waals surface area contributed by atoms with Crippen LogP contribution in [0.3, 0.4) is 0 Å². The Hall–Kier alpha value is -1.42. The largest absolute Gasteiger partial charge is 0.354 e. The molecule has 1 aromatic rings. The Kier molecular flexibility index (Phi) is 5.34. The maximum Gasteiger partial charge on any atom is 0.230 e. The van der Waals surface area contributed by atoms with Gasteiger partial charge in [0.1, 0.15) is 5.82 Å². The molecule has 0 unspecified atom stereocenters. The second-order valence-corrected chi connectivity index (χ2v) is 5.70. The van der Waals surface area contributed by atoms with Crippen LogP contribution in [0.25, 0.3) is 0 Å². The molecule has 0 spiro atoms. The van der Waals surface area contributed by atoms with Gasteiger partial charge in [0, 0.05) is 18.7 Å². The van der Waals surface area contributed by atoms with Gasteiger partial charge in [-0.15, -0.1) is 0 Å². The fourth-order valence-corrected chi connectivity index (χ4v) is 3.03. The third kappa shape index (κ3) is 3.26. The Morgan fingerprint density at radius 3 is 2.48 bits per heavy atom. The van der Waals surface area contributed by atoms with E-state index in [9.17, 15) is 9.18 Å². The molecular formula is C17H25FN2O. The van der Waals surface area contributed by atoms with Crippen molar-refractivity contribution >= 4 is 5.91 Å². The number of nitrogens with zero attached hydrogens (tertiary/aromatic N) is 1. The van der Waals surface area contributed by atoms with Crippen molar-refractivity contribution < 1.29 is 9.18 Å². The molecule has 1 aromatic carbocycles. The maximum atomic E-state index is 14.0. The van der Waals surface area contributed by atoms with E-state index < -0.39 is 5.41 Å². The zero-order valence-electron chi connectivity index (χ0n) is 13.0. The topological polar surface area (TPSA) is 32.3 Å². The number of rotatable bonds is 7. The first-order chi connectivity index (χ1) is 10.1. The van der Waals surface area contributed by atoms with Crippen LogP contribution in [0.5, 0.6) is 0 Å². The minimum Gasteiger partial charge on any atom is -0.354 e. The highest BCUT2D eigenvalue weighted by Gasteiger charge is 2.46. The molecule has 1 aliphatic rings. The number of hydrogen-bond acceptors (Lipinski definition) is 2. The van der Waals surface area contributed by atoms with E-state index >= 15 is 0 Å². The van der Waals surface area contributed by atoms with Gasteiger partial charge < -0.3 is 10.2 Å². The van der Waals surface area contributed by atoms with Crippen LogP contribution in [0.4, 0.5) is 4.39 Å². The molecule has 0 atom stereocenters. The number of hydrogen-bond donors (Lipinski definition) is 1. The number of carbonyl (C=O) groups excluding carboxylic acids is 1. The Morgan fingerprint density at radius 1 is 1.29 bits per heavy atom. The number of likely N-dealkylation sites (N-methyl/N-ethyl adjacent to an activating group) is 1. The zero-order valence-corrected chi connectivity index (χ0v) is 13.0. The van der Waals surface area contributed by atoms with Gasteiger partial charge >= 0.3 is 0 Å². The number of halogens is 1. The molecule has 1 N–H and O–H groups in total. The van der Waals surface area contributed by atoms with Crippen molar-refractivity contribution in [2.75, 3.05) is 26.2 Å². The lowest BCUT2D eigenvalue weighted by Gasteiger charge is -2.41.